The minimum absolute atomic E-state index is 0.0547. The van der Waals surface area contributed by atoms with E-state index >= 15 is 0 Å². The van der Waals surface area contributed by atoms with Gasteiger partial charge in [-0.25, -0.2) is 4.98 Å². The van der Waals surface area contributed by atoms with Gasteiger partial charge in [-0.15, -0.1) is 0 Å². The lowest BCUT2D eigenvalue weighted by molar-refractivity contribution is -0.119. The first kappa shape index (κ1) is 16.5. The first-order valence-corrected chi connectivity index (χ1v) is 7.06. The highest BCUT2D eigenvalue weighted by atomic mass is 35.5. The van der Waals surface area contributed by atoms with Gasteiger partial charge in [0.25, 0.3) is 0 Å². The standard InChI is InChI=1S/C13H22ClN5O/c1-5-15-13-17-7-10(14)12(18-13)19(4)8-11(20)16-6-9(2)3/h7,9H,5-6,8H2,1-4H3,(H,16,20)(H,15,17,18). The Bertz CT molecular complexity index is 452. The summed E-state index contributed by atoms with van der Waals surface area (Å²) in [6.45, 7) is 7.64. The summed E-state index contributed by atoms with van der Waals surface area (Å²) >= 11 is 6.08. The molecule has 1 aromatic rings. The van der Waals surface area contributed by atoms with Crippen molar-refractivity contribution in [1.29, 1.82) is 0 Å². The number of hydrogen-bond acceptors (Lipinski definition) is 5. The van der Waals surface area contributed by atoms with Gasteiger partial charge in [-0.05, 0) is 12.8 Å². The molecule has 0 unspecified atom stereocenters. The predicted molar refractivity (Wildman–Crippen MR) is 82.3 cm³/mol. The molecule has 20 heavy (non-hydrogen) atoms. The van der Waals surface area contributed by atoms with Crippen molar-refractivity contribution in [3.63, 3.8) is 0 Å². The quantitative estimate of drug-likeness (QED) is 0.803. The van der Waals surface area contributed by atoms with Crippen molar-refractivity contribution >= 4 is 29.3 Å². The van der Waals surface area contributed by atoms with Crippen LogP contribution in [0.4, 0.5) is 11.8 Å². The third kappa shape index (κ3) is 5.21. The number of carbonyl (C=O) groups is 1. The van der Waals surface area contributed by atoms with Gasteiger partial charge in [-0.3, -0.25) is 4.79 Å². The van der Waals surface area contributed by atoms with Crippen LogP contribution in [0.1, 0.15) is 20.8 Å². The summed E-state index contributed by atoms with van der Waals surface area (Å²) in [5, 5.41) is 6.30. The van der Waals surface area contributed by atoms with Gasteiger partial charge in [0.05, 0.1) is 12.7 Å². The molecule has 1 amide bonds. The second kappa shape index (κ2) is 7.89. The van der Waals surface area contributed by atoms with Crippen LogP contribution in [0.5, 0.6) is 0 Å². The van der Waals surface area contributed by atoms with Gasteiger partial charge in [0.1, 0.15) is 5.02 Å². The van der Waals surface area contributed by atoms with Crippen LogP contribution in [0, 0.1) is 5.92 Å². The molecule has 1 heterocycles. The van der Waals surface area contributed by atoms with Crippen molar-refractivity contribution in [1.82, 2.24) is 15.3 Å². The van der Waals surface area contributed by atoms with Crippen LogP contribution in [-0.2, 0) is 4.79 Å². The second-order valence-electron chi connectivity index (χ2n) is 4.95. The van der Waals surface area contributed by atoms with Crippen LogP contribution in [0.3, 0.4) is 0 Å². The zero-order chi connectivity index (χ0) is 15.1. The number of anilines is 2. The number of likely N-dealkylation sites (N-methyl/N-ethyl adjacent to an activating group) is 1. The van der Waals surface area contributed by atoms with Gasteiger partial charge in [0.15, 0.2) is 5.82 Å². The fourth-order valence-corrected chi connectivity index (χ4v) is 1.77. The van der Waals surface area contributed by atoms with E-state index < -0.39 is 0 Å². The number of halogens is 1. The highest BCUT2D eigenvalue weighted by Crippen LogP contribution is 2.22. The molecule has 0 aliphatic rings. The maximum Gasteiger partial charge on any atom is 0.239 e. The van der Waals surface area contributed by atoms with E-state index in [-0.39, 0.29) is 12.5 Å². The second-order valence-corrected chi connectivity index (χ2v) is 5.36. The molecule has 2 N–H and O–H groups in total. The topological polar surface area (TPSA) is 70.2 Å². The third-order valence-corrected chi connectivity index (χ3v) is 2.78. The molecule has 0 aliphatic carbocycles. The molecule has 1 rings (SSSR count). The summed E-state index contributed by atoms with van der Waals surface area (Å²) in [6.07, 6.45) is 1.53. The summed E-state index contributed by atoms with van der Waals surface area (Å²) in [5.41, 5.74) is 0. The Morgan fingerprint density at radius 1 is 1.50 bits per heavy atom. The molecule has 0 atom stereocenters. The number of nitrogens with zero attached hydrogens (tertiary/aromatic N) is 3. The monoisotopic (exact) mass is 299 g/mol. The lowest BCUT2D eigenvalue weighted by Gasteiger charge is -2.19. The van der Waals surface area contributed by atoms with Crippen molar-refractivity contribution in [2.24, 2.45) is 5.92 Å². The molecule has 0 saturated heterocycles. The molecule has 0 bridgehead atoms. The lowest BCUT2D eigenvalue weighted by Crippen LogP contribution is -2.37. The third-order valence-electron chi connectivity index (χ3n) is 2.51. The Hall–Kier alpha value is -1.56. The normalized spacial score (nSPS) is 10.5. The minimum Gasteiger partial charge on any atom is -0.354 e. The van der Waals surface area contributed by atoms with Crippen molar-refractivity contribution in [2.45, 2.75) is 20.8 Å². The molecule has 6 nitrogen and oxygen atoms in total. The average Bonchev–Trinajstić information content (AvgIpc) is 2.38. The number of nitrogens with one attached hydrogen (secondary N) is 2. The Balaban J connectivity index is 2.68. The number of amides is 1. The zero-order valence-electron chi connectivity index (χ0n) is 12.4. The molecular weight excluding hydrogens is 278 g/mol. The van der Waals surface area contributed by atoms with E-state index in [9.17, 15) is 4.79 Å². The number of aromatic nitrogens is 2. The van der Waals surface area contributed by atoms with Gasteiger partial charge in [0, 0.05) is 20.1 Å². The van der Waals surface area contributed by atoms with Crippen LogP contribution in [0.25, 0.3) is 0 Å². The molecule has 0 aliphatic heterocycles. The molecule has 7 heteroatoms. The fraction of sp³-hybridized carbons (Fsp3) is 0.615. The lowest BCUT2D eigenvalue weighted by atomic mass is 10.2. The Kier molecular flexibility index (Phi) is 6.51. The molecule has 0 saturated carbocycles. The summed E-state index contributed by atoms with van der Waals surface area (Å²) in [5.74, 6) is 1.41. The largest absolute Gasteiger partial charge is 0.354 e. The smallest absolute Gasteiger partial charge is 0.239 e. The van der Waals surface area contributed by atoms with Gasteiger partial charge in [-0.2, -0.15) is 4.98 Å². The molecular formula is C13H22ClN5O. The van der Waals surface area contributed by atoms with E-state index in [4.69, 9.17) is 11.6 Å². The maximum absolute atomic E-state index is 11.8. The first-order chi connectivity index (χ1) is 9.43. The fourth-order valence-electron chi connectivity index (χ4n) is 1.53. The van der Waals surface area contributed by atoms with Crippen molar-refractivity contribution in [3.05, 3.63) is 11.2 Å². The molecule has 0 aromatic carbocycles. The predicted octanol–water partition coefficient (Wildman–Crippen LogP) is 1.77. The van der Waals surface area contributed by atoms with E-state index in [1.165, 1.54) is 6.20 Å². The Morgan fingerprint density at radius 2 is 2.20 bits per heavy atom. The van der Waals surface area contributed by atoms with Crippen molar-refractivity contribution < 1.29 is 4.79 Å². The van der Waals surface area contributed by atoms with Crippen LogP contribution < -0.4 is 15.5 Å². The van der Waals surface area contributed by atoms with Gasteiger partial charge in [0.2, 0.25) is 11.9 Å². The zero-order valence-corrected chi connectivity index (χ0v) is 13.2. The number of rotatable bonds is 7. The van der Waals surface area contributed by atoms with Crippen LogP contribution in [0.2, 0.25) is 5.02 Å². The Morgan fingerprint density at radius 3 is 2.80 bits per heavy atom. The molecule has 0 fully saturated rings. The summed E-state index contributed by atoms with van der Waals surface area (Å²) < 4.78 is 0. The van der Waals surface area contributed by atoms with Crippen LogP contribution >= 0.6 is 11.6 Å². The summed E-state index contributed by atoms with van der Waals surface area (Å²) in [6, 6.07) is 0. The summed E-state index contributed by atoms with van der Waals surface area (Å²) in [7, 11) is 1.78. The first-order valence-electron chi connectivity index (χ1n) is 6.68. The molecule has 0 spiro atoms. The molecule has 0 radical (unpaired) electrons. The van der Waals surface area contributed by atoms with E-state index in [0.29, 0.717) is 29.3 Å². The van der Waals surface area contributed by atoms with Crippen molar-refractivity contribution in [3.8, 4) is 0 Å². The molecule has 1 aromatic heterocycles. The van der Waals surface area contributed by atoms with Gasteiger partial charge >= 0.3 is 0 Å². The van der Waals surface area contributed by atoms with Gasteiger partial charge < -0.3 is 15.5 Å². The maximum atomic E-state index is 11.8. The van der Waals surface area contributed by atoms with Crippen LogP contribution in [-0.4, -0.2) is 42.6 Å². The van der Waals surface area contributed by atoms with E-state index in [1.54, 1.807) is 11.9 Å². The highest BCUT2D eigenvalue weighted by Gasteiger charge is 2.13. The average molecular weight is 300 g/mol. The minimum atomic E-state index is -0.0547. The van der Waals surface area contributed by atoms with Crippen LogP contribution in [0.15, 0.2) is 6.20 Å². The van der Waals surface area contributed by atoms with Gasteiger partial charge in [-0.1, -0.05) is 25.4 Å². The number of hydrogen-bond donors (Lipinski definition) is 2. The van der Waals surface area contributed by atoms with Crippen molar-refractivity contribution in [2.75, 3.05) is 36.9 Å². The van der Waals surface area contributed by atoms with E-state index in [0.717, 1.165) is 6.54 Å². The van der Waals surface area contributed by atoms with E-state index in [1.807, 2.05) is 20.8 Å². The Labute approximate surface area is 124 Å². The van der Waals surface area contributed by atoms with E-state index in [2.05, 4.69) is 20.6 Å². The molecule has 112 valence electrons. The number of carbonyl (C=O) groups excluding carboxylic acids is 1. The highest BCUT2D eigenvalue weighted by molar-refractivity contribution is 6.32. The SMILES string of the molecule is CCNc1ncc(Cl)c(N(C)CC(=O)NCC(C)C)n1. The summed E-state index contributed by atoms with van der Waals surface area (Å²) in [4.78, 5) is 21.9.